The highest BCUT2D eigenvalue weighted by atomic mass is 16.7. The van der Waals surface area contributed by atoms with Gasteiger partial charge in [-0.2, -0.15) is 0 Å². The highest BCUT2D eigenvalue weighted by Crippen LogP contribution is 2.30. The van der Waals surface area contributed by atoms with E-state index >= 15 is 0 Å². The zero-order valence-corrected chi connectivity index (χ0v) is 45.9. The zero-order valence-electron chi connectivity index (χ0n) is 45.9. The lowest BCUT2D eigenvalue weighted by Gasteiger charge is -2.46. The van der Waals surface area contributed by atoms with Crippen LogP contribution in [0.4, 0.5) is 0 Å². The molecule has 12 atom stereocenters. The Morgan fingerprint density at radius 3 is 1.34 bits per heavy atom. The van der Waals surface area contributed by atoms with Crippen molar-refractivity contribution in [3.8, 4) is 0 Å². The second-order valence-corrected chi connectivity index (χ2v) is 21.1. The number of aliphatic hydroxyl groups is 8. The molecular formula is C59H109NO13. The maximum Gasteiger partial charge on any atom is 0.220 e. The number of hydrogen-bond acceptors (Lipinski definition) is 13. The van der Waals surface area contributed by atoms with E-state index in [4.69, 9.17) is 18.9 Å². The zero-order chi connectivity index (χ0) is 53.2. The lowest BCUT2D eigenvalue weighted by Crippen LogP contribution is -2.65. The highest BCUT2D eigenvalue weighted by Gasteiger charge is 2.51. The van der Waals surface area contributed by atoms with Gasteiger partial charge in [0.1, 0.15) is 48.8 Å². The van der Waals surface area contributed by atoms with Gasteiger partial charge in [-0.1, -0.05) is 224 Å². The minimum atomic E-state index is -1.79. The van der Waals surface area contributed by atoms with Gasteiger partial charge < -0.3 is 65.1 Å². The number of carbonyl (C=O) groups is 1. The first-order chi connectivity index (χ1) is 35.6. The van der Waals surface area contributed by atoms with Crippen molar-refractivity contribution >= 4 is 5.91 Å². The van der Waals surface area contributed by atoms with Crippen LogP contribution in [0.5, 0.6) is 0 Å². The van der Waals surface area contributed by atoms with E-state index < -0.39 is 86.8 Å². The molecule has 12 unspecified atom stereocenters. The quantitative estimate of drug-likeness (QED) is 0.0205. The molecule has 73 heavy (non-hydrogen) atoms. The Morgan fingerprint density at radius 1 is 0.479 bits per heavy atom. The largest absolute Gasteiger partial charge is 0.394 e. The van der Waals surface area contributed by atoms with Gasteiger partial charge in [0.2, 0.25) is 5.91 Å². The summed E-state index contributed by atoms with van der Waals surface area (Å²) in [5.41, 5.74) is 0. The smallest absolute Gasteiger partial charge is 0.220 e. The minimum Gasteiger partial charge on any atom is -0.394 e. The molecule has 0 spiro atoms. The number of carbonyl (C=O) groups excluding carboxylic acids is 1. The fourth-order valence-electron chi connectivity index (χ4n) is 9.74. The summed E-state index contributed by atoms with van der Waals surface area (Å²) in [7, 11) is 0. The van der Waals surface area contributed by atoms with Crippen LogP contribution >= 0.6 is 0 Å². The molecule has 0 radical (unpaired) electrons. The number of unbranched alkanes of at least 4 members (excludes halogenated alkanes) is 30. The van der Waals surface area contributed by atoms with E-state index in [0.717, 1.165) is 44.9 Å². The van der Waals surface area contributed by atoms with Crippen LogP contribution in [0.3, 0.4) is 0 Å². The highest BCUT2D eigenvalue weighted by molar-refractivity contribution is 5.76. The summed E-state index contributed by atoms with van der Waals surface area (Å²) in [6.07, 6.45) is 37.8. The molecule has 0 aromatic rings. The molecule has 14 nitrogen and oxygen atoms in total. The van der Waals surface area contributed by atoms with Crippen molar-refractivity contribution in [1.82, 2.24) is 5.32 Å². The van der Waals surface area contributed by atoms with Crippen molar-refractivity contribution in [2.75, 3.05) is 19.8 Å². The number of ether oxygens (including phenoxy) is 4. The van der Waals surface area contributed by atoms with Crippen LogP contribution in [0.1, 0.15) is 239 Å². The lowest BCUT2D eigenvalue weighted by atomic mass is 9.97. The topological polar surface area (TPSA) is 228 Å². The molecule has 2 rings (SSSR count). The van der Waals surface area contributed by atoms with Crippen LogP contribution in [-0.4, -0.2) is 140 Å². The summed E-state index contributed by atoms with van der Waals surface area (Å²) in [6.45, 7) is 2.75. The Labute approximate surface area is 442 Å². The van der Waals surface area contributed by atoms with Crippen LogP contribution in [0.15, 0.2) is 36.5 Å². The Hall–Kier alpha value is -1.79. The van der Waals surface area contributed by atoms with Crippen LogP contribution in [0.25, 0.3) is 0 Å². The molecule has 0 aromatic heterocycles. The van der Waals surface area contributed by atoms with Crippen molar-refractivity contribution in [1.29, 1.82) is 0 Å². The first-order valence-electron chi connectivity index (χ1n) is 29.7. The summed E-state index contributed by atoms with van der Waals surface area (Å²) in [4.78, 5) is 13.2. The molecule has 0 aromatic carbocycles. The van der Waals surface area contributed by atoms with E-state index in [-0.39, 0.29) is 18.9 Å². The van der Waals surface area contributed by atoms with Gasteiger partial charge in [-0.25, -0.2) is 0 Å². The van der Waals surface area contributed by atoms with Crippen molar-refractivity contribution in [2.45, 2.75) is 312 Å². The number of rotatable bonds is 47. The molecular weight excluding hydrogens is 931 g/mol. The molecule has 2 saturated heterocycles. The average molecular weight is 1040 g/mol. The molecule has 428 valence electrons. The van der Waals surface area contributed by atoms with Crippen LogP contribution in [0.2, 0.25) is 0 Å². The standard InChI is InChI=1S/C59H109NO13/c1-3-5-7-9-11-13-15-17-18-19-20-21-22-23-24-25-26-27-28-29-31-33-35-37-39-41-43-51(64)60-47(48(63)42-40-38-36-34-32-30-16-14-12-10-8-6-4-2)46-70-58-56(69)54(67)57(50(45-62)72-58)73-59-55(68)53(66)52(65)49(44-61)71-59/h12,14,32,34,40,42,47-50,52-59,61-63,65-69H,3-11,13,15-31,33,35-39,41,43-46H2,1-2H3,(H,60,64)/b14-12+,34-32+,42-40+. The second-order valence-electron chi connectivity index (χ2n) is 21.1. The van der Waals surface area contributed by atoms with E-state index in [0.29, 0.717) is 12.8 Å². The van der Waals surface area contributed by atoms with E-state index in [1.807, 2.05) is 6.08 Å². The molecule has 2 aliphatic heterocycles. The molecule has 2 fully saturated rings. The fourth-order valence-corrected chi connectivity index (χ4v) is 9.74. The van der Waals surface area contributed by atoms with Gasteiger partial charge in [-0.3, -0.25) is 4.79 Å². The van der Waals surface area contributed by atoms with E-state index in [1.165, 1.54) is 161 Å². The van der Waals surface area contributed by atoms with Gasteiger partial charge in [0.25, 0.3) is 0 Å². The predicted molar refractivity (Wildman–Crippen MR) is 291 cm³/mol. The lowest BCUT2D eigenvalue weighted by molar-refractivity contribution is -0.359. The number of aliphatic hydroxyl groups excluding tert-OH is 8. The third-order valence-electron chi connectivity index (χ3n) is 14.6. The van der Waals surface area contributed by atoms with Gasteiger partial charge in [0.05, 0.1) is 32.0 Å². The van der Waals surface area contributed by atoms with E-state index in [2.05, 4.69) is 43.5 Å². The van der Waals surface area contributed by atoms with Crippen LogP contribution in [0, 0.1) is 0 Å². The van der Waals surface area contributed by atoms with Gasteiger partial charge in [0, 0.05) is 6.42 Å². The SMILES string of the molecule is CCCCC/C=C/CC/C=C/CC/C=C/C(O)C(COC1OC(CO)C(OC2OC(CO)C(O)C(O)C2O)C(O)C1O)NC(=O)CCCCCCCCCCCCCCCCCCCCCCCCCCCC. The summed E-state index contributed by atoms with van der Waals surface area (Å²) >= 11 is 0. The summed E-state index contributed by atoms with van der Waals surface area (Å²) in [6, 6.07) is -0.934. The normalized spacial score (nSPS) is 25.6. The van der Waals surface area contributed by atoms with Crippen molar-refractivity contribution in [2.24, 2.45) is 0 Å². The van der Waals surface area contributed by atoms with Crippen molar-refractivity contribution in [3.05, 3.63) is 36.5 Å². The number of hydrogen-bond donors (Lipinski definition) is 9. The minimum absolute atomic E-state index is 0.251. The monoisotopic (exact) mass is 1040 g/mol. The maximum atomic E-state index is 13.2. The Balaban J connectivity index is 1.71. The average Bonchev–Trinajstić information content (AvgIpc) is 3.39. The number of nitrogens with one attached hydrogen (secondary N) is 1. The Morgan fingerprint density at radius 2 is 0.877 bits per heavy atom. The second kappa shape index (κ2) is 45.3. The molecule has 0 saturated carbocycles. The predicted octanol–water partition coefficient (Wildman–Crippen LogP) is 9.83. The number of amides is 1. The van der Waals surface area contributed by atoms with Gasteiger partial charge in [-0.05, 0) is 44.9 Å². The molecule has 0 bridgehead atoms. The van der Waals surface area contributed by atoms with Crippen LogP contribution in [-0.2, 0) is 23.7 Å². The van der Waals surface area contributed by atoms with Crippen molar-refractivity contribution in [3.63, 3.8) is 0 Å². The van der Waals surface area contributed by atoms with Crippen LogP contribution < -0.4 is 5.32 Å². The molecule has 0 aliphatic carbocycles. The molecule has 9 N–H and O–H groups in total. The molecule has 2 aliphatic rings. The fraction of sp³-hybridized carbons (Fsp3) is 0.881. The first-order valence-corrected chi connectivity index (χ1v) is 29.7. The van der Waals surface area contributed by atoms with Gasteiger partial charge >= 0.3 is 0 Å². The number of allylic oxidation sites excluding steroid dienone is 5. The van der Waals surface area contributed by atoms with Gasteiger partial charge in [0.15, 0.2) is 12.6 Å². The maximum absolute atomic E-state index is 13.2. The molecule has 14 heteroatoms. The molecule has 2 heterocycles. The summed E-state index contributed by atoms with van der Waals surface area (Å²) in [5, 5.41) is 86.9. The molecule has 1 amide bonds. The Bertz CT molecular complexity index is 1370. The third-order valence-corrected chi connectivity index (χ3v) is 14.6. The summed E-state index contributed by atoms with van der Waals surface area (Å²) < 4.78 is 22.7. The van der Waals surface area contributed by atoms with E-state index in [9.17, 15) is 45.6 Å². The van der Waals surface area contributed by atoms with Gasteiger partial charge in [-0.15, -0.1) is 0 Å². The third kappa shape index (κ3) is 31.3. The Kier molecular flexibility index (Phi) is 41.7. The first kappa shape index (κ1) is 67.3. The van der Waals surface area contributed by atoms with Crippen molar-refractivity contribution < 1.29 is 64.6 Å². The van der Waals surface area contributed by atoms with E-state index in [1.54, 1.807) is 6.08 Å². The summed E-state index contributed by atoms with van der Waals surface area (Å²) in [5.74, 6) is -0.251.